The molecule has 1 atom stereocenters. The molecule has 1 aliphatic rings. The lowest BCUT2D eigenvalue weighted by atomic mass is 10.0. The molecule has 0 aromatic heterocycles. The van der Waals surface area contributed by atoms with Crippen molar-refractivity contribution in [3.05, 3.63) is 29.3 Å². The van der Waals surface area contributed by atoms with Crippen LogP contribution in [0.25, 0.3) is 0 Å². The van der Waals surface area contributed by atoms with E-state index in [-0.39, 0.29) is 5.97 Å². The normalized spacial score (nSPS) is 15.6. The Kier molecular flexibility index (Phi) is 5.63. The predicted octanol–water partition coefficient (Wildman–Crippen LogP) is 1.84. The molecule has 0 fully saturated rings. The molecule has 6 heteroatoms. The highest BCUT2D eigenvalue weighted by Gasteiger charge is 2.30. The van der Waals surface area contributed by atoms with Gasteiger partial charge in [-0.3, -0.25) is 0 Å². The Morgan fingerprint density at radius 3 is 2.77 bits per heavy atom. The molecular weight excluding hydrogens is 286 g/mol. The first kappa shape index (κ1) is 16.1. The molecule has 1 N–H and O–H groups in total. The fraction of sp³-hybridized carbons (Fsp3) is 0.500. The average molecular weight is 307 g/mol. The Morgan fingerprint density at radius 2 is 2.05 bits per heavy atom. The van der Waals surface area contributed by atoms with E-state index in [2.05, 4.69) is 5.32 Å². The number of carbonyl (C=O) groups is 2. The van der Waals surface area contributed by atoms with Gasteiger partial charge in [-0.15, -0.1) is 0 Å². The third kappa shape index (κ3) is 4.13. The fourth-order valence-corrected chi connectivity index (χ4v) is 2.32. The molecule has 0 bridgehead atoms. The van der Waals surface area contributed by atoms with E-state index in [4.69, 9.17) is 14.2 Å². The smallest absolute Gasteiger partial charge is 0.407 e. The standard InChI is InChI=1S/C16H21NO5/c1-3-20-15(18)14-10-12-9-11(5-6-13(12)22-14)7-8-17-16(19)21-4-2/h5-6,9,14H,3-4,7-8,10H2,1-2H3,(H,17,19). The molecule has 22 heavy (non-hydrogen) atoms. The number of amides is 1. The number of benzene rings is 1. The molecule has 0 saturated carbocycles. The molecule has 120 valence electrons. The maximum Gasteiger partial charge on any atom is 0.407 e. The summed E-state index contributed by atoms with van der Waals surface area (Å²) in [6, 6.07) is 5.79. The van der Waals surface area contributed by atoms with E-state index in [1.807, 2.05) is 18.2 Å². The quantitative estimate of drug-likeness (QED) is 0.812. The van der Waals surface area contributed by atoms with Crippen LogP contribution in [0.1, 0.15) is 25.0 Å². The minimum absolute atomic E-state index is 0.329. The van der Waals surface area contributed by atoms with Gasteiger partial charge in [0.2, 0.25) is 0 Å². The third-order valence-electron chi connectivity index (χ3n) is 3.31. The number of ether oxygens (including phenoxy) is 3. The molecule has 2 rings (SSSR count). The summed E-state index contributed by atoms with van der Waals surface area (Å²) in [7, 11) is 0. The van der Waals surface area contributed by atoms with Crippen LogP contribution in [0.5, 0.6) is 5.75 Å². The van der Waals surface area contributed by atoms with Crippen LogP contribution in [-0.2, 0) is 27.1 Å². The van der Waals surface area contributed by atoms with Crippen molar-refractivity contribution in [1.82, 2.24) is 5.32 Å². The number of carbonyl (C=O) groups excluding carboxylic acids is 2. The van der Waals surface area contributed by atoms with Crippen LogP contribution in [0.2, 0.25) is 0 Å². The van der Waals surface area contributed by atoms with Crippen LogP contribution < -0.4 is 10.1 Å². The van der Waals surface area contributed by atoms with Crippen molar-refractivity contribution in [2.75, 3.05) is 19.8 Å². The number of nitrogens with one attached hydrogen (secondary N) is 1. The summed E-state index contributed by atoms with van der Waals surface area (Å²) in [6.07, 6.45) is 0.251. The maximum atomic E-state index is 11.7. The number of hydrogen-bond acceptors (Lipinski definition) is 5. The Balaban J connectivity index is 1.87. The molecular formula is C16H21NO5. The molecule has 0 spiro atoms. The maximum absolute atomic E-state index is 11.7. The van der Waals surface area contributed by atoms with E-state index in [0.29, 0.717) is 32.6 Å². The van der Waals surface area contributed by atoms with Crippen LogP contribution in [-0.4, -0.2) is 37.9 Å². The molecule has 0 saturated heterocycles. The van der Waals surface area contributed by atoms with Crippen molar-refractivity contribution in [2.24, 2.45) is 0 Å². The zero-order chi connectivity index (χ0) is 15.9. The number of alkyl carbamates (subject to hydrolysis) is 1. The first-order valence-corrected chi connectivity index (χ1v) is 7.49. The largest absolute Gasteiger partial charge is 0.478 e. The molecule has 1 aromatic carbocycles. The zero-order valence-electron chi connectivity index (χ0n) is 12.9. The molecule has 1 aromatic rings. The van der Waals surface area contributed by atoms with E-state index in [9.17, 15) is 9.59 Å². The summed E-state index contributed by atoms with van der Waals surface area (Å²) in [5, 5.41) is 2.68. The van der Waals surface area contributed by atoms with Gasteiger partial charge in [0.15, 0.2) is 6.10 Å². The molecule has 1 heterocycles. The van der Waals surface area contributed by atoms with Gasteiger partial charge < -0.3 is 19.5 Å². The minimum atomic E-state index is -0.553. The number of rotatable bonds is 6. The SMILES string of the molecule is CCOC(=O)NCCc1ccc2c(c1)CC(C(=O)OCC)O2. The van der Waals surface area contributed by atoms with Gasteiger partial charge in [0.25, 0.3) is 0 Å². The second-order valence-electron chi connectivity index (χ2n) is 4.90. The summed E-state index contributed by atoms with van der Waals surface area (Å²) in [5.74, 6) is 0.393. The van der Waals surface area contributed by atoms with Gasteiger partial charge in [-0.25, -0.2) is 9.59 Å². The van der Waals surface area contributed by atoms with Crippen LogP contribution in [0, 0.1) is 0 Å². The van der Waals surface area contributed by atoms with Crippen LogP contribution in [0.3, 0.4) is 0 Å². The highest BCUT2D eigenvalue weighted by Crippen LogP contribution is 2.30. The monoisotopic (exact) mass is 307 g/mol. The van der Waals surface area contributed by atoms with Gasteiger partial charge in [0.1, 0.15) is 5.75 Å². The van der Waals surface area contributed by atoms with Gasteiger partial charge in [-0.1, -0.05) is 12.1 Å². The van der Waals surface area contributed by atoms with Gasteiger partial charge in [0.05, 0.1) is 13.2 Å². The van der Waals surface area contributed by atoms with Crippen LogP contribution in [0.15, 0.2) is 18.2 Å². The topological polar surface area (TPSA) is 73.9 Å². The van der Waals surface area contributed by atoms with Gasteiger partial charge in [-0.05, 0) is 37.5 Å². The first-order chi connectivity index (χ1) is 10.6. The predicted molar refractivity (Wildman–Crippen MR) is 79.9 cm³/mol. The van der Waals surface area contributed by atoms with Crippen molar-refractivity contribution in [1.29, 1.82) is 0 Å². The average Bonchev–Trinajstić information content (AvgIpc) is 2.91. The van der Waals surface area contributed by atoms with Crippen molar-refractivity contribution in [3.63, 3.8) is 0 Å². The summed E-state index contributed by atoms with van der Waals surface area (Å²) >= 11 is 0. The van der Waals surface area contributed by atoms with Gasteiger partial charge in [-0.2, -0.15) is 0 Å². The molecule has 1 amide bonds. The van der Waals surface area contributed by atoms with Crippen molar-refractivity contribution < 1.29 is 23.8 Å². The third-order valence-corrected chi connectivity index (χ3v) is 3.31. The Hall–Kier alpha value is -2.24. The highest BCUT2D eigenvalue weighted by atomic mass is 16.6. The van der Waals surface area contributed by atoms with E-state index in [1.165, 1.54) is 0 Å². The summed E-state index contributed by atoms with van der Waals surface area (Å²) in [4.78, 5) is 22.9. The Labute approximate surface area is 129 Å². The van der Waals surface area contributed by atoms with Gasteiger partial charge in [0, 0.05) is 13.0 Å². The molecule has 0 aliphatic carbocycles. The van der Waals surface area contributed by atoms with Gasteiger partial charge >= 0.3 is 12.1 Å². The van der Waals surface area contributed by atoms with Crippen LogP contribution in [0.4, 0.5) is 4.79 Å². The second-order valence-corrected chi connectivity index (χ2v) is 4.90. The lowest BCUT2D eigenvalue weighted by molar-refractivity contribution is -0.150. The summed E-state index contributed by atoms with van der Waals surface area (Å²) in [6.45, 7) is 4.74. The van der Waals surface area contributed by atoms with Crippen molar-refractivity contribution in [2.45, 2.75) is 32.8 Å². The van der Waals surface area contributed by atoms with E-state index in [0.717, 1.165) is 16.9 Å². The van der Waals surface area contributed by atoms with E-state index in [1.54, 1.807) is 13.8 Å². The van der Waals surface area contributed by atoms with Crippen molar-refractivity contribution >= 4 is 12.1 Å². The van der Waals surface area contributed by atoms with E-state index < -0.39 is 12.2 Å². The zero-order valence-corrected chi connectivity index (χ0v) is 12.9. The highest BCUT2D eigenvalue weighted by molar-refractivity contribution is 5.77. The number of hydrogen-bond donors (Lipinski definition) is 1. The van der Waals surface area contributed by atoms with E-state index >= 15 is 0 Å². The first-order valence-electron chi connectivity index (χ1n) is 7.49. The summed E-state index contributed by atoms with van der Waals surface area (Å²) < 4.78 is 15.4. The van der Waals surface area contributed by atoms with Crippen molar-refractivity contribution in [3.8, 4) is 5.75 Å². The summed E-state index contributed by atoms with van der Waals surface area (Å²) in [5.41, 5.74) is 2.07. The van der Waals surface area contributed by atoms with Crippen LogP contribution >= 0.6 is 0 Å². The number of esters is 1. The fourth-order valence-electron chi connectivity index (χ4n) is 2.32. The lowest BCUT2D eigenvalue weighted by Crippen LogP contribution is -2.27. The Bertz CT molecular complexity index is 543. The minimum Gasteiger partial charge on any atom is -0.478 e. The number of fused-ring (bicyclic) bond motifs is 1. The molecule has 0 radical (unpaired) electrons. The lowest BCUT2D eigenvalue weighted by Gasteiger charge is -2.08. The molecule has 6 nitrogen and oxygen atoms in total. The molecule has 1 unspecified atom stereocenters. The second kappa shape index (κ2) is 7.68. The molecule has 1 aliphatic heterocycles. The Morgan fingerprint density at radius 1 is 1.27 bits per heavy atom.